The lowest BCUT2D eigenvalue weighted by Crippen LogP contribution is -2.46. The number of hydrogen-bond donors (Lipinski definition) is 1. The zero-order chi connectivity index (χ0) is 13.0. The molecule has 4 heteroatoms. The molecule has 1 aliphatic rings. The summed E-state index contributed by atoms with van der Waals surface area (Å²) in [5.74, 6) is -0.433. The third-order valence-corrected chi connectivity index (χ3v) is 3.47. The highest BCUT2D eigenvalue weighted by Gasteiger charge is 2.23. The second-order valence-corrected chi connectivity index (χ2v) is 4.53. The van der Waals surface area contributed by atoms with Gasteiger partial charge in [0.2, 0.25) is 0 Å². The minimum absolute atomic E-state index is 0.157. The van der Waals surface area contributed by atoms with Crippen molar-refractivity contribution in [3.05, 3.63) is 29.6 Å². The number of halogens is 1. The van der Waals surface area contributed by atoms with Gasteiger partial charge in [-0.1, -0.05) is 6.07 Å². The lowest BCUT2D eigenvalue weighted by Gasteiger charge is -2.36. The van der Waals surface area contributed by atoms with Gasteiger partial charge in [0.05, 0.1) is 5.69 Å². The minimum Gasteiger partial charge on any atom is -0.366 e. The predicted octanol–water partition coefficient (Wildman–Crippen LogP) is 2.28. The van der Waals surface area contributed by atoms with Crippen molar-refractivity contribution in [3.8, 4) is 6.07 Å². The molecule has 0 spiro atoms. The van der Waals surface area contributed by atoms with Crippen molar-refractivity contribution in [1.29, 1.82) is 5.26 Å². The molecule has 0 saturated carbocycles. The van der Waals surface area contributed by atoms with Crippen molar-refractivity contribution in [2.45, 2.75) is 25.8 Å². The van der Waals surface area contributed by atoms with E-state index in [0.29, 0.717) is 11.7 Å². The molecule has 0 radical (unpaired) electrons. The molecule has 1 fully saturated rings. The normalized spacial score (nSPS) is 19.3. The number of anilines is 1. The number of nitriles is 1. The molecule has 0 aromatic heterocycles. The number of hydrogen-bond acceptors (Lipinski definition) is 3. The quantitative estimate of drug-likeness (QED) is 0.890. The van der Waals surface area contributed by atoms with E-state index < -0.39 is 5.82 Å². The van der Waals surface area contributed by atoms with Crippen LogP contribution in [0.2, 0.25) is 0 Å². The van der Waals surface area contributed by atoms with Crippen LogP contribution in [0, 0.1) is 17.1 Å². The van der Waals surface area contributed by atoms with Crippen LogP contribution in [0.5, 0.6) is 0 Å². The van der Waals surface area contributed by atoms with Gasteiger partial charge in [0.1, 0.15) is 17.4 Å². The van der Waals surface area contributed by atoms with Gasteiger partial charge < -0.3 is 10.2 Å². The summed E-state index contributed by atoms with van der Waals surface area (Å²) in [6, 6.07) is 7.17. The Balaban J connectivity index is 2.32. The maximum atomic E-state index is 13.6. The molecule has 1 heterocycles. The topological polar surface area (TPSA) is 39.1 Å². The Morgan fingerprint density at radius 2 is 2.39 bits per heavy atom. The fourth-order valence-corrected chi connectivity index (χ4v) is 2.59. The number of piperidine rings is 1. The minimum atomic E-state index is -0.433. The molecule has 1 aliphatic heterocycles. The molecule has 0 aliphatic carbocycles. The van der Waals surface area contributed by atoms with E-state index in [1.807, 2.05) is 19.1 Å². The number of nitrogens with zero attached hydrogens (tertiary/aromatic N) is 2. The number of likely N-dealkylation sites (N-methyl/N-ethyl adjacent to an activating group) is 1. The van der Waals surface area contributed by atoms with Gasteiger partial charge in [-0.3, -0.25) is 0 Å². The first-order valence-electron chi connectivity index (χ1n) is 6.44. The van der Waals surface area contributed by atoms with Crippen LogP contribution in [-0.2, 0) is 0 Å². The van der Waals surface area contributed by atoms with Crippen LogP contribution in [-0.4, -0.2) is 25.7 Å². The van der Waals surface area contributed by atoms with Crippen molar-refractivity contribution in [2.24, 2.45) is 0 Å². The summed E-state index contributed by atoms with van der Waals surface area (Å²) in [4.78, 5) is 2.13. The van der Waals surface area contributed by atoms with E-state index in [1.165, 1.54) is 6.07 Å². The van der Waals surface area contributed by atoms with Gasteiger partial charge in [-0.25, -0.2) is 4.39 Å². The lowest BCUT2D eigenvalue weighted by molar-refractivity contribution is 0.434. The monoisotopic (exact) mass is 247 g/mol. The second kappa shape index (κ2) is 5.83. The number of nitrogens with one attached hydrogen (secondary N) is 1. The van der Waals surface area contributed by atoms with Gasteiger partial charge in [0, 0.05) is 19.1 Å². The Bertz CT molecular complexity index is 447. The molecule has 1 saturated heterocycles. The first-order chi connectivity index (χ1) is 8.77. The smallest absolute Gasteiger partial charge is 0.143 e. The predicted molar refractivity (Wildman–Crippen MR) is 70.0 cm³/mol. The molecular formula is C14H18FN3. The summed E-state index contributed by atoms with van der Waals surface area (Å²) in [6.07, 6.45) is 2.21. The highest BCUT2D eigenvalue weighted by atomic mass is 19.1. The van der Waals surface area contributed by atoms with Crippen LogP contribution in [0.3, 0.4) is 0 Å². The Morgan fingerprint density at radius 1 is 1.56 bits per heavy atom. The summed E-state index contributed by atoms with van der Waals surface area (Å²) in [6.45, 7) is 4.77. The second-order valence-electron chi connectivity index (χ2n) is 4.53. The van der Waals surface area contributed by atoms with E-state index in [-0.39, 0.29) is 5.56 Å². The van der Waals surface area contributed by atoms with Crippen molar-refractivity contribution in [2.75, 3.05) is 24.5 Å². The molecule has 0 bridgehead atoms. The van der Waals surface area contributed by atoms with Crippen LogP contribution in [0.1, 0.15) is 25.3 Å². The Morgan fingerprint density at radius 3 is 3.00 bits per heavy atom. The van der Waals surface area contributed by atoms with Gasteiger partial charge in [-0.2, -0.15) is 5.26 Å². The highest BCUT2D eigenvalue weighted by molar-refractivity contribution is 5.60. The van der Waals surface area contributed by atoms with Crippen LogP contribution < -0.4 is 10.2 Å². The van der Waals surface area contributed by atoms with E-state index >= 15 is 0 Å². The Hall–Kier alpha value is -1.60. The molecule has 0 amide bonds. The Kier molecular flexibility index (Phi) is 4.16. The third-order valence-electron chi connectivity index (χ3n) is 3.47. The fraction of sp³-hybridized carbons (Fsp3) is 0.500. The molecule has 2 rings (SSSR count). The highest BCUT2D eigenvalue weighted by Crippen LogP contribution is 2.26. The first kappa shape index (κ1) is 12.8. The average Bonchev–Trinajstić information content (AvgIpc) is 2.41. The molecule has 3 nitrogen and oxygen atoms in total. The SMILES string of the molecule is CCN(c1cccc(F)c1C#N)C1CCCNC1. The third kappa shape index (κ3) is 2.46. The van der Waals surface area contributed by atoms with Gasteiger partial charge >= 0.3 is 0 Å². The molecule has 1 atom stereocenters. The largest absolute Gasteiger partial charge is 0.366 e. The van der Waals surface area contributed by atoms with Crippen LogP contribution in [0.15, 0.2) is 18.2 Å². The zero-order valence-electron chi connectivity index (χ0n) is 10.6. The van der Waals surface area contributed by atoms with Gasteiger partial charge in [0.15, 0.2) is 0 Å². The van der Waals surface area contributed by atoms with Crippen molar-refractivity contribution in [3.63, 3.8) is 0 Å². The van der Waals surface area contributed by atoms with Crippen molar-refractivity contribution < 1.29 is 4.39 Å². The van der Waals surface area contributed by atoms with E-state index in [4.69, 9.17) is 5.26 Å². The van der Waals surface area contributed by atoms with Gasteiger partial charge in [0.25, 0.3) is 0 Å². The van der Waals surface area contributed by atoms with Crippen LogP contribution in [0.4, 0.5) is 10.1 Å². The molecule has 96 valence electrons. The van der Waals surface area contributed by atoms with Gasteiger partial charge in [-0.15, -0.1) is 0 Å². The molecule has 18 heavy (non-hydrogen) atoms. The molecule has 1 aromatic carbocycles. The maximum Gasteiger partial charge on any atom is 0.143 e. The fourth-order valence-electron chi connectivity index (χ4n) is 2.59. The molecule has 1 unspecified atom stereocenters. The Labute approximate surface area is 107 Å². The summed E-state index contributed by atoms with van der Waals surface area (Å²) >= 11 is 0. The summed E-state index contributed by atoms with van der Waals surface area (Å²) < 4.78 is 13.6. The standard InChI is InChI=1S/C14H18FN3/c1-2-18(11-5-4-8-17-10-11)14-7-3-6-13(15)12(14)9-16/h3,6-7,11,17H,2,4-5,8,10H2,1H3. The van der Waals surface area contributed by atoms with Crippen molar-refractivity contribution >= 4 is 5.69 Å². The van der Waals surface area contributed by atoms with E-state index in [0.717, 1.165) is 32.5 Å². The molecular weight excluding hydrogens is 229 g/mol. The van der Waals surface area contributed by atoms with Crippen LogP contribution >= 0.6 is 0 Å². The zero-order valence-corrected chi connectivity index (χ0v) is 10.6. The van der Waals surface area contributed by atoms with Crippen LogP contribution in [0.25, 0.3) is 0 Å². The first-order valence-corrected chi connectivity index (χ1v) is 6.44. The lowest BCUT2D eigenvalue weighted by atomic mass is 10.0. The van der Waals surface area contributed by atoms with E-state index in [9.17, 15) is 4.39 Å². The van der Waals surface area contributed by atoms with Crippen molar-refractivity contribution in [1.82, 2.24) is 5.32 Å². The summed E-state index contributed by atoms with van der Waals surface area (Å²) in [5.41, 5.74) is 0.874. The summed E-state index contributed by atoms with van der Waals surface area (Å²) in [5, 5.41) is 12.5. The summed E-state index contributed by atoms with van der Waals surface area (Å²) in [7, 11) is 0. The van der Waals surface area contributed by atoms with E-state index in [2.05, 4.69) is 10.2 Å². The van der Waals surface area contributed by atoms with Gasteiger partial charge in [-0.05, 0) is 38.4 Å². The molecule has 1 N–H and O–H groups in total. The number of benzene rings is 1. The number of rotatable bonds is 3. The maximum absolute atomic E-state index is 13.6. The average molecular weight is 247 g/mol. The van der Waals surface area contributed by atoms with E-state index in [1.54, 1.807) is 6.07 Å². The molecule has 1 aromatic rings.